The van der Waals surface area contributed by atoms with E-state index < -0.39 is 0 Å². The first-order valence-electron chi connectivity index (χ1n) is 6.24. The number of aromatic nitrogens is 1. The molecule has 2 heterocycles. The van der Waals surface area contributed by atoms with Gasteiger partial charge in [-0.1, -0.05) is 29.3 Å². The van der Waals surface area contributed by atoms with Gasteiger partial charge in [-0.2, -0.15) is 5.26 Å². The van der Waals surface area contributed by atoms with Gasteiger partial charge in [0.15, 0.2) is 0 Å². The monoisotopic (exact) mass is 459 g/mol. The first-order chi connectivity index (χ1) is 10.6. The van der Waals surface area contributed by atoms with Gasteiger partial charge in [-0.15, -0.1) is 11.3 Å². The van der Waals surface area contributed by atoms with Crippen molar-refractivity contribution >= 4 is 73.0 Å². The van der Waals surface area contributed by atoms with Crippen LogP contribution in [0.3, 0.4) is 0 Å². The number of hydrogen-bond donors (Lipinski definition) is 1. The number of benzene rings is 1. The Bertz CT molecular complexity index is 902. The molecule has 0 saturated carbocycles. The van der Waals surface area contributed by atoms with Crippen LogP contribution in [0.25, 0.3) is 10.2 Å². The number of rotatable bonds is 3. The van der Waals surface area contributed by atoms with Crippen LogP contribution in [0.5, 0.6) is 0 Å². The Morgan fingerprint density at radius 1 is 1.32 bits per heavy atom. The summed E-state index contributed by atoms with van der Waals surface area (Å²) in [5, 5.41) is 13.8. The van der Waals surface area contributed by atoms with Crippen molar-refractivity contribution in [3.05, 3.63) is 54.5 Å². The molecule has 0 amide bonds. The summed E-state index contributed by atoms with van der Waals surface area (Å²) in [6.07, 6.45) is 1.59. The molecule has 2 aromatic heterocycles. The Balaban J connectivity index is 1.97. The van der Waals surface area contributed by atoms with E-state index in [1.165, 1.54) is 0 Å². The summed E-state index contributed by atoms with van der Waals surface area (Å²) in [7, 11) is 0. The van der Waals surface area contributed by atoms with Crippen molar-refractivity contribution in [3.63, 3.8) is 0 Å². The second kappa shape index (κ2) is 6.59. The van der Waals surface area contributed by atoms with Crippen LogP contribution in [0.4, 0.5) is 5.69 Å². The predicted octanol–water partition coefficient (Wildman–Crippen LogP) is 5.69. The summed E-state index contributed by atoms with van der Waals surface area (Å²) in [6.45, 7) is 0.512. The van der Waals surface area contributed by atoms with Gasteiger partial charge in [0.05, 0.1) is 24.4 Å². The molecule has 0 aliphatic heterocycles. The van der Waals surface area contributed by atoms with Crippen molar-refractivity contribution in [2.75, 3.05) is 5.32 Å². The lowest BCUT2D eigenvalue weighted by molar-refractivity contribution is 1.15. The molecule has 22 heavy (non-hydrogen) atoms. The Morgan fingerprint density at radius 3 is 2.86 bits per heavy atom. The molecule has 0 radical (unpaired) electrons. The van der Waals surface area contributed by atoms with Gasteiger partial charge in [-0.05, 0) is 46.4 Å². The number of fused-ring (bicyclic) bond motifs is 1. The lowest BCUT2D eigenvalue weighted by atomic mass is 10.2. The summed E-state index contributed by atoms with van der Waals surface area (Å²) in [5.41, 5.74) is 3.13. The van der Waals surface area contributed by atoms with E-state index in [9.17, 15) is 5.26 Å². The van der Waals surface area contributed by atoms with Gasteiger partial charge in [0.25, 0.3) is 0 Å². The molecule has 0 bridgehead atoms. The molecule has 0 fully saturated rings. The quantitative estimate of drug-likeness (QED) is 0.511. The first-order valence-corrected chi connectivity index (χ1v) is 8.89. The van der Waals surface area contributed by atoms with Crippen LogP contribution >= 0.6 is 57.1 Å². The number of hydrogen-bond acceptors (Lipinski definition) is 4. The largest absolute Gasteiger partial charge is 0.379 e. The molecule has 0 saturated heterocycles. The molecule has 3 nitrogen and oxygen atoms in total. The number of thiophene rings is 1. The van der Waals surface area contributed by atoms with E-state index in [0.29, 0.717) is 22.2 Å². The van der Waals surface area contributed by atoms with Gasteiger partial charge in [-0.25, -0.2) is 0 Å². The highest BCUT2D eigenvalue weighted by Crippen LogP contribution is 2.34. The zero-order chi connectivity index (χ0) is 15.7. The van der Waals surface area contributed by atoms with Gasteiger partial charge in [-0.3, -0.25) is 4.98 Å². The Morgan fingerprint density at radius 2 is 2.14 bits per heavy atom. The molecule has 1 N–H and O–H groups in total. The molecule has 0 aliphatic rings. The maximum atomic E-state index is 9.30. The van der Waals surface area contributed by atoms with Crippen molar-refractivity contribution in [3.8, 4) is 6.07 Å². The predicted molar refractivity (Wildman–Crippen MR) is 101 cm³/mol. The van der Waals surface area contributed by atoms with Crippen LogP contribution in [0, 0.1) is 14.2 Å². The van der Waals surface area contributed by atoms with E-state index in [0.717, 1.165) is 24.4 Å². The van der Waals surface area contributed by atoms with Gasteiger partial charge < -0.3 is 5.32 Å². The van der Waals surface area contributed by atoms with E-state index in [1.807, 2.05) is 12.1 Å². The summed E-state index contributed by atoms with van der Waals surface area (Å²) in [4.78, 5) is 4.32. The second-order valence-electron chi connectivity index (χ2n) is 4.51. The molecule has 7 heteroatoms. The Hall–Kier alpha value is -1.07. The number of pyridine rings is 1. The SMILES string of the molecule is N#Cc1cnc2cc(I)sc2c1NCc1ccc(Cl)cc1Cl. The summed E-state index contributed by atoms with van der Waals surface area (Å²) < 4.78 is 2.11. The van der Waals surface area contributed by atoms with Crippen LogP contribution in [0.15, 0.2) is 30.5 Å². The number of nitrogens with one attached hydrogen (secondary N) is 1. The average molecular weight is 460 g/mol. The smallest absolute Gasteiger partial charge is 0.103 e. The van der Waals surface area contributed by atoms with Crippen molar-refractivity contribution in [2.45, 2.75) is 6.54 Å². The maximum Gasteiger partial charge on any atom is 0.103 e. The van der Waals surface area contributed by atoms with Crippen molar-refractivity contribution in [2.24, 2.45) is 0 Å². The molecule has 3 aromatic rings. The topological polar surface area (TPSA) is 48.7 Å². The number of halogens is 3. The third-order valence-corrected chi connectivity index (χ3v) is 5.59. The van der Waals surface area contributed by atoms with E-state index in [4.69, 9.17) is 23.2 Å². The third-order valence-electron chi connectivity index (χ3n) is 3.10. The van der Waals surface area contributed by atoms with Crippen LogP contribution in [0.1, 0.15) is 11.1 Å². The van der Waals surface area contributed by atoms with Gasteiger partial charge in [0.2, 0.25) is 0 Å². The second-order valence-corrected chi connectivity index (χ2v) is 8.30. The molecule has 1 aromatic carbocycles. The summed E-state index contributed by atoms with van der Waals surface area (Å²) in [5.74, 6) is 0. The van der Waals surface area contributed by atoms with Crippen LogP contribution in [-0.2, 0) is 6.54 Å². The van der Waals surface area contributed by atoms with Crippen LogP contribution in [0.2, 0.25) is 10.0 Å². The highest BCUT2D eigenvalue weighted by atomic mass is 127. The Labute approximate surface area is 155 Å². The molecule has 0 spiro atoms. The fourth-order valence-electron chi connectivity index (χ4n) is 2.06. The van der Waals surface area contributed by atoms with Crippen molar-refractivity contribution in [1.82, 2.24) is 4.98 Å². The molecule has 0 unspecified atom stereocenters. The van der Waals surface area contributed by atoms with E-state index >= 15 is 0 Å². The maximum absolute atomic E-state index is 9.30. The van der Waals surface area contributed by atoms with Crippen LogP contribution < -0.4 is 5.32 Å². The van der Waals surface area contributed by atoms with E-state index in [-0.39, 0.29) is 0 Å². The minimum Gasteiger partial charge on any atom is -0.379 e. The van der Waals surface area contributed by atoms with Crippen LogP contribution in [-0.4, -0.2) is 4.98 Å². The minimum absolute atomic E-state index is 0.512. The van der Waals surface area contributed by atoms with Crippen molar-refractivity contribution < 1.29 is 0 Å². The zero-order valence-electron chi connectivity index (χ0n) is 11.0. The lowest BCUT2D eigenvalue weighted by Gasteiger charge is -2.10. The molecule has 0 aliphatic carbocycles. The summed E-state index contributed by atoms with van der Waals surface area (Å²) in [6, 6.07) is 9.57. The van der Waals surface area contributed by atoms with E-state index in [2.05, 4.69) is 39.0 Å². The van der Waals surface area contributed by atoms with Gasteiger partial charge in [0, 0.05) is 22.8 Å². The van der Waals surface area contributed by atoms with Crippen molar-refractivity contribution in [1.29, 1.82) is 5.26 Å². The lowest BCUT2D eigenvalue weighted by Crippen LogP contribution is -2.02. The number of nitriles is 1. The van der Waals surface area contributed by atoms with E-state index in [1.54, 1.807) is 29.7 Å². The van der Waals surface area contributed by atoms with Gasteiger partial charge >= 0.3 is 0 Å². The average Bonchev–Trinajstić information content (AvgIpc) is 2.86. The first kappa shape index (κ1) is 15.8. The summed E-state index contributed by atoms with van der Waals surface area (Å²) >= 11 is 16.0. The highest BCUT2D eigenvalue weighted by Gasteiger charge is 2.12. The fraction of sp³-hybridized carbons (Fsp3) is 0.0667. The third kappa shape index (κ3) is 3.15. The molecule has 3 rings (SSSR count). The molecular weight excluding hydrogens is 452 g/mol. The molecule has 0 atom stereocenters. The minimum atomic E-state index is 0.512. The zero-order valence-corrected chi connectivity index (χ0v) is 15.5. The fourth-order valence-corrected chi connectivity index (χ4v) is 4.35. The van der Waals surface area contributed by atoms with Gasteiger partial charge in [0.1, 0.15) is 6.07 Å². The molecular formula is C15H8Cl2IN3S. The highest BCUT2D eigenvalue weighted by molar-refractivity contribution is 14.1. The normalized spacial score (nSPS) is 10.6. The number of nitrogens with zero attached hydrogens (tertiary/aromatic N) is 2. The standard InChI is InChI=1S/C15H8Cl2IN3S/c16-10-2-1-8(11(17)3-10)6-21-14-9(5-19)7-20-12-4-13(18)22-15(12)14/h1-4,7H,6H2,(H,20,21). The Kier molecular flexibility index (Phi) is 4.73. The molecule has 110 valence electrons. The number of anilines is 1.